The van der Waals surface area contributed by atoms with Crippen molar-refractivity contribution >= 4 is 6.09 Å². The Labute approximate surface area is 96.8 Å². The predicted octanol–water partition coefficient (Wildman–Crippen LogP) is 3.01. The molecule has 0 fully saturated rings. The minimum absolute atomic E-state index is 0.0484. The van der Waals surface area contributed by atoms with Crippen molar-refractivity contribution in [3.63, 3.8) is 0 Å². The molecule has 0 bridgehead atoms. The zero-order chi connectivity index (χ0) is 12.3. The number of rotatable bonds is 1. The van der Waals surface area contributed by atoms with Gasteiger partial charge in [-0.1, -0.05) is 26.8 Å². The molecular formula is C13H19NO2. The van der Waals surface area contributed by atoms with Gasteiger partial charge in [-0.2, -0.15) is 0 Å². The fourth-order valence-electron chi connectivity index (χ4n) is 1.40. The Morgan fingerprint density at radius 2 is 1.88 bits per heavy atom. The molecule has 3 heteroatoms. The lowest BCUT2D eigenvalue weighted by molar-refractivity contribution is 0.203. The normalized spacial score (nSPS) is 11.1. The molecule has 1 aromatic carbocycles. The number of carbonyl (C=O) groups is 1. The lowest BCUT2D eigenvalue weighted by Crippen LogP contribution is -2.22. The highest BCUT2D eigenvalue weighted by Crippen LogP contribution is 2.27. The first kappa shape index (κ1) is 12.6. The number of aryl methyl sites for hydroxylation is 1. The average molecular weight is 221 g/mol. The van der Waals surface area contributed by atoms with E-state index in [1.807, 2.05) is 19.1 Å². The van der Waals surface area contributed by atoms with E-state index in [-0.39, 0.29) is 5.41 Å². The molecule has 0 saturated heterocycles. The molecule has 0 heterocycles. The molecule has 1 aromatic rings. The molecule has 1 N–H and O–H groups in total. The van der Waals surface area contributed by atoms with Crippen LogP contribution in [0.4, 0.5) is 4.79 Å². The molecule has 88 valence electrons. The first-order chi connectivity index (χ1) is 7.32. The summed E-state index contributed by atoms with van der Waals surface area (Å²) in [5, 5.41) is 2.43. The maximum atomic E-state index is 11.1. The van der Waals surface area contributed by atoms with Gasteiger partial charge in [0.25, 0.3) is 0 Å². The zero-order valence-corrected chi connectivity index (χ0v) is 10.5. The van der Waals surface area contributed by atoms with Crippen molar-refractivity contribution in [2.24, 2.45) is 0 Å². The summed E-state index contributed by atoms with van der Waals surface area (Å²) >= 11 is 0. The smallest absolute Gasteiger partial charge is 0.410 e. The minimum Gasteiger partial charge on any atom is -0.410 e. The Bertz CT molecular complexity index is 391. The van der Waals surface area contributed by atoms with Gasteiger partial charge >= 0.3 is 6.09 Å². The molecule has 1 amide bonds. The van der Waals surface area contributed by atoms with Gasteiger partial charge in [-0.15, -0.1) is 0 Å². The van der Waals surface area contributed by atoms with Gasteiger partial charge in [-0.05, 0) is 35.6 Å². The van der Waals surface area contributed by atoms with Crippen LogP contribution in [0.2, 0.25) is 0 Å². The van der Waals surface area contributed by atoms with Crippen LogP contribution < -0.4 is 10.1 Å². The highest BCUT2D eigenvalue weighted by atomic mass is 16.5. The molecule has 0 radical (unpaired) electrons. The van der Waals surface area contributed by atoms with Crippen molar-refractivity contribution in [3.05, 3.63) is 29.3 Å². The van der Waals surface area contributed by atoms with Crippen molar-refractivity contribution < 1.29 is 9.53 Å². The van der Waals surface area contributed by atoms with Crippen molar-refractivity contribution in [1.82, 2.24) is 5.32 Å². The summed E-state index contributed by atoms with van der Waals surface area (Å²) in [5.74, 6) is 0.587. The molecule has 0 aliphatic carbocycles. The van der Waals surface area contributed by atoms with Gasteiger partial charge in [-0.25, -0.2) is 4.79 Å². The minimum atomic E-state index is -0.439. The van der Waals surface area contributed by atoms with E-state index >= 15 is 0 Å². The quantitative estimate of drug-likeness (QED) is 0.791. The van der Waals surface area contributed by atoms with Crippen LogP contribution in [0.1, 0.15) is 31.9 Å². The van der Waals surface area contributed by atoms with Crippen LogP contribution in [0, 0.1) is 6.92 Å². The SMILES string of the molecule is CNC(=O)Oc1cc(C)cc(C(C)(C)C)c1. The fourth-order valence-corrected chi connectivity index (χ4v) is 1.40. The van der Waals surface area contributed by atoms with E-state index in [9.17, 15) is 4.79 Å². The standard InChI is InChI=1S/C13H19NO2/c1-9-6-10(13(2,3)4)8-11(7-9)16-12(15)14-5/h6-8H,1-5H3,(H,14,15). The van der Waals surface area contributed by atoms with Gasteiger partial charge in [0.15, 0.2) is 0 Å². The number of hydrogen-bond acceptors (Lipinski definition) is 2. The average Bonchev–Trinajstić information content (AvgIpc) is 2.15. The Morgan fingerprint density at radius 3 is 2.38 bits per heavy atom. The van der Waals surface area contributed by atoms with Gasteiger partial charge < -0.3 is 10.1 Å². The number of ether oxygens (including phenoxy) is 1. The van der Waals surface area contributed by atoms with Crippen LogP contribution in [0.15, 0.2) is 18.2 Å². The van der Waals surface area contributed by atoms with Crippen molar-refractivity contribution in [1.29, 1.82) is 0 Å². The number of amides is 1. The number of hydrogen-bond donors (Lipinski definition) is 1. The summed E-state index contributed by atoms with van der Waals surface area (Å²) in [6.45, 7) is 8.38. The topological polar surface area (TPSA) is 38.3 Å². The molecule has 0 aliphatic heterocycles. The van der Waals surface area contributed by atoms with Crippen LogP contribution in [0.5, 0.6) is 5.75 Å². The molecular weight excluding hydrogens is 202 g/mol. The van der Waals surface area contributed by atoms with Crippen molar-refractivity contribution in [2.75, 3.05) is 7.05 Å². The van der Waals surface area contributed by atoms with Crippen molar-refractivity contribution in [3.8, 4) is 5.75 Å². The number of benzene rings is 1. The van der Waals surface area contributed by atoms with Crippen molar-refractivity contribution in [2.45, 2.75) is 33.1 Å². The van der Waals surface area contributed by atoms with Crippen LogP contribution in [-0.4, -0.2) is 13.1 Å². The van der Waals surface area contributed by atoms with E-state index in [1.165, 1.54) is 0 Å². The Hall–Kier alpha value is -1.51. The monoisotopic (exact) mass is 221 g/mol. The lowest BCUT2D eigenvalue weighted by atomic mass is 9.86. The summed E-state index contributed by atoms with van der Waals surface area (Å²) in [4.78, 5) is 11.1. The van der Waals surface area contributed by atoms with E-state index in [0.717, 1.165) is 11.1 Å². The second kappa shape index (κ2) is 4.56. The van der Waals surface area contributed by atoms with E-state index in [1.54, 1.807) is 7.05 Å². The maximum Gasteiger partial charge on any atom is 0.412 e. The third-order valence-electron chi connectivity index (χ3n) is 2.33. The zero-order valence-electron chi connectivity index (χ0n) is 10.5. The Kier molecular flexibility index (Phi) is 3.58. The summed E-state index contributed by atoms with van der Waals surface area (Å²) in [6.07, 6.45) is -0.439. The summed E-state index contributed by atoms with van der Waals surface area (Å²) < 4.78 is 5.13. The van der Waals surface area contributed by atoms with Gasteiger partial charge in [0.2, 0.25) is 0 Å². The molecule has 0 atom stereocenters. The molecule has 16 heavy (non-hydrogen) atoms. The number of carbonyl (C=O) groups excluding carboxylic acids is 1. The number of nitrogens with one attached hydrogen (secondary N) is 1. The predicted molar refractivity (Wildman–Crippen MR) is 65.0 cm³/mol. The van der Waals surface area contributed by atoms with Gasteiger partial charge in [-0.3, -0.25) is 0 Å². The summed E-state index contributed by atoms with van der Waals surface area (Å²) in [5.41, 5.74) is 2.30. The molecule has 0 saturated carbocycles. The first-order valence-corrected chi connectivity index (χ1v) is 5.34. The van der Waals surface area contributed by atoms with Crippen LogP contribution in [0.3, 0.4) is 0 Å². The maximum absolute atomic E-state index is 11.1. The third-order valence-corrected chi connectivity index (χ3v) is 2.33. The van der Waals surface area contributed by atoms with Gasteiger partial charge in [0, 0.05) is 7.05 Å². The highest BCUT2D eigenvalue weighted by molar-refractivity contribution is 5.70. The second-order valence-electron chi connectivity index (χ2n) is 4.92. The van der Waals surface area contributed by atoms with Gasteiger partial charge in [0.05, 0.1) is 0 Å². The molecule has 3 nitrogen and oxygen atoms in total. The molecule has 0 aliphatic rings. The lowest BCUT2D eigenvalue weighted by Gasteiger charge is -2.20. The molecule has 0 aromatic heterocycles. The molecule has 0 unspecified atom stereocenters. The largest absolute Gasteiger partial charge is 0.412 e. The second-order valence-corrected chi connectivity index (χ2v) is 4.92. The third kappa shape index (κ3) is 3.26. The van der Waals surface area contributed by atoms with Gasteiger partial charge in [0.1, 0.15) is 5.75 Å². The van der Waals surface area contributed by atoms with E-state index in [0.29, 0.717) is 5.75 Å². The van der Waals surface area contributed by atoms with Crippen LogP contribution >= 0.6 is 0 Å². The highest BCUT2D eigenvalue weighted by Gasteiger charge is 2.15. The van der Waals surface area contributed by atoms with E-state index in [2.05, 4.69) is 32.2 Å². The van der Waals surface area contributed by atoms with E-state index < -0.39 is 6.09 Å². The molecule has 0 spiro atoms. The fraction of sp³-hybridized carbons (Fsp3) is 0.462. The van der Waals surface area contributed by atoms with Crippen LogP contribution in [-0.2, 0) is 5.41 Å². The first-order valence-electron chi connectivity index (χ1n) is 5.34. The Morgan fingerprint density at radius 1 is 1.25 bits per heavy atom. The Balaban J connectivity index is 3.04. The molecule has 1 rings (SSSR count). The van der Waals surface area contributed by atoms with E-state index in [4.69, 9.17) is 4.74 Å². The summed E-state index contributed by atoms with van der Waals surface area (Å²) in [7, 11) is 1.54. The van der Waals surface area contributed by atoms with Crippen LogP contribution in [0.25, 0.3) is 0 Å². The summed E-state index contributed by atoms with van der Waals surface area (Å²) in [6, 6.07) is 5.86.